The van der Waals surface area contributed by atoms with Crippen LogP contribution in [0.1, 0.15) is 0 Å². The van der Waals surface area contributed by atoms with Gasteiger partial charge in [-0.1, -0.05) is 60.7 Å². The van der Waals surface area contributed by atoms with E-state index in [-0.39, 0.29) is 0 Å². The lowest BCUT2D eigenvalue weighted by atomic mass is 9.93. The van der Waals surface area contributed by atoms with Crippen molar-refractivity contribution in [2.24, 2.45) is 0 Å². The van der Waals surface area contributed by atoms with Crippen LogP contribution >= 0.6 is 0 Å². The van der Waals surface area contributed by atoms with Crippen molar-refractivity contribution < 1.29 is 9.47 Å². The van der Waals surface area contributed by atoms with Crippen LogP contribution in [0, 0.1) is 0 Å². The van der Waals surface area contributed by atoms with Gasteiger partial charge in [-0.05, 0) is 58.1 Å². The molecule has 0 amide bonds. The minimum atomic E-state index is 0.678. The van der Waals surface area contributed by atoms with E-state index in [4.69, 9.17) is 14.5 Å². The highest BCUT2D eigenvalue weighted by atomic mass is 16.5. The van der Waals surface area contributed by atoms with Crippen LogP contribution in [0.5, 0.6) is 11.5 Å². The van der Waals surface area contributed by atoms with Crippen molar-refractivity contribution >= 4 is 10.9 Å². The van der Waals surface area contributed by atoms with E-state index in [0.29, 0.717) is 11.5 Å². The molecule has 0 spiro atoms. The molecule has 3 nitrogen and oxygen atoms in total. The number of benzene rings is 4. The second-order valence-electron chi connectivity index (χ2n) is 7.65. The molecule has 5 rings (SSSR count). The number of hydrogen-bond donors (Lipinski definition) is 0. The van der Waals surface area contributed by atoms with Crippen LogP contribution in [0.3, 0.4) is 0 Å². The number of fused-ring (bicyclic) bond motifs is 1. The normalized spacial score (nSPS) is 10.8. The Hall–Kier alpha value is -4.11. The SMILES string of the molecule is COc1cc2cc(-c3cc(-c4ccccc4)cc(-c4ccccc4)c3)cnc2cc1OC. The number of ether oxygens (including phenoxy) is 2. The molecule has 0 atom stereocenters. The fourth-order valence-corrected chi connectivity index (χ4v) is 4.00. The quantitative estimate of drug-likeness (QED) is 0.302. The maximum Gasteiger partial charge on any atom is 0.162 e. The zero-order valence-corrected chi connectivity index (χ0v) is 18.1. The van der Waals surface area contributed by atoms with Crippen LogP contribution < -0.4 is 9.47 Å². The van der Waals surface area contributed by atoms with E-state index in [2.05, 4.69) is 72.8 Å². The van der Waals surface area contributed by atoms with Crippen LogP contribution in [-0.4, -0.2) is 19.2 Å². The standard InChI is InChI=1S/C29H23NO2/c1-31-28-17-25-16-26(19-30-27(25)18-29(28)32-2)24-14-22(20-9-5-3-6-10-20)13-23(15-24)21-11-7-4-8-12-21/h3-19H,1-2H3. The highest BCUT2D eigenvalue weighted by molar-refractivity contribution is 5.88. The van der Waals surface area contributed by atoms with E-state index in [9.17, 15) is 0 Å². The monoisotopic (exact) mass is 417 g/mol. The fraction of sp³-hybridized carbons (Fsp3) is 0.0690. The Bertz CT molecular complexity index is 1320. The molecule has 0 radical (unpaired) electrons. The molecule has 0 fully saturated rings. The van der Waals surface area contributed by atoms with E-state index < -0.39 is 0 Å². The minimum Gasteiger partial charge on any atom is -0.493 e. The summed E-state index contributed by atoms with van der Waals surface area (Å²) >= 11 is 0. The summed E-state index contributed by atoms with van der Waals surface area (Å²) < 4.78 is 10.9. The molecule has 1 aromatic heterocycles. The van der Waals surface area contributed by atoms with E-state index in [1.54, 1.807) is 14.2 Å². The number of nitrogens with zero attached hydrogens (tertiary/aromatic N) is 1. The maximum atomic E-state index is 5.49. The molecule has 32 heavy (non-hydrogen) atoms. The molecule has 0 unspecified atom stereocenters. The highest BCUT2D eigenvalue weighted by Gasteiger charge is 2.11. The van der Waals surface area contributed by atoms with Gasteiger partial charge in [0.2, 0.25) is 0 Å². The minimum absolute atomic E-state index is 0.678. The number of pyridine rings is 1. The molecule has 1 heterocycles. The second kappa shape index (κ2) is 8.56. The van der Waals surface area contributed by atoms with E-state index >= 15 is 0 Å². The molecule has 5 aromatic rings. The largest absolute Gasteiger partial charge is 0.493 e. The molecule has 0 saturated carbocycles. The third-order valence-corrected chi connectivity index (χ3v) is 5.67. The van der Waals surface area contributed by atoms with Crippen molar-refractivity contribution in [3.8, 4) is 44.9 Å². The molecule has 0 bridgehead atoms. The predicted molar refractivity (Wildman–Crippen MR) is 131 cm³/mol. The van der Waals surface area contributed by atoms with E-state index in [1.807, 2.05) is 30.5 Å². The summed E-state index contributed by atoms with van der Waals surface area (Å²) in [5.74, 6) is 1.37. The van der Waals surface area contributed by atoms with Crippen molar-refractivity contribution in [1.29, 1.82) is 0 Å². The van der Waals surface area contributed by atoms with Gasteiger partial charge in [-0.3, -0.25) is 4.98 Å². The number of methoxy groups -OCH3 is 2. The maximum absolute atomic E-state index is 5.49. The molecule has 0 N–H and O–H groups in total. The van der Waals surface area contributed by atoms with Gasteiger partial charge < -0.3 is 9.47 Å². The molecule has 0 aliphatic rings. The summed E-state index contributed by atoms with van der Waals surface area (Å²) in [5, 5.41) is 1.01. The van der Waals surface area contributed by atoms with Gasteiger partial charge in [0.25, 0.3) is 0 Å². The Balaban J connectivity index is 1.69. The van der Waals surface area contributed by atoms with Crippen molar-refractivity contribution in [2.45, 2.75) is 0 Å². The first kappa shape index (κ1) is 19.8. The summed E-state index contributed by atoms with van der Waals surface area (Å²) in [6.07, 6.45) is 1.92. The van der Waals surface area contributed by atoms with Gasteiger partial charge in [-0.25, -0.2) is 0 Å². The molecule has 4 aromatic carbocycles. The summed E-state index contributed by atoms with van der Waals surface area (Å²) in [6.45, 7) is 0. The first-order valence-corrected chi connectivity index (χ1v) is 10.5. The first-order chi connectivity index (χ1) is 15.7. The van der Waals surface area contributed by atoms with Crippen molar-refractivity contribution in [3.63, 3.8) is 0 Å². The van der Waals surface area contributed by atoms with Crippen LogP contribution in [-0.2, 0) is 0 Å². The topological polar surface area (TPSA) is 31.4 Å². The third kappa shape index (κ3) is 3.81. The zero-order valence-electron chi connectivity index (χ0n) is 18.1. The third-order valence-electron chi connectivity index (χ3n) is 5.67. The Morgan fingerprint density at radius 3 is 1.53 bits per heavy atom. The number of aromatic nitrogens is 1. The molecule has 0 saturated heterocycles. The van der Waals surface area contributed by atoms with Crippen LogP contribution in [0.4, 0.5) is 0 Å². The van der Waals surface area contributed by atoms with Gasteiger partial charge in [0, 0.05) is 23.2 Å². The van der Waals surface area contributed by atoms with Gasteiger partial charge in [-0.15, -0.1) is 0 Å². The molecule has 156 valence electrons. The van der Waals surface area contributed by atoms with Gasteiger partial charge in [-0.2, -0.15) is 0 Å². The summed E-state index contributed by atoms with van der Waals surface area (Å²) in [5.41, 5.74) is 7.77. The van der Waals surface area contributed by atoms with Crippen molar-refractivity contribution in [1.82, 2.24) is 4.98 Å². The van der Waals surface area contributed by atoms with Gasteiger partial charge in [0.05, 0.1) is 19.7 Å². The lowest BCUT2D eigenvalue weighted by molar-refractivity contribution is 0.356. The average molecular weight is 418 g/mol. The summed E-state index contributed by atoms with van der Waals surface area (Å²) in [4.78, 5) is 4.71. The number of rotatable bonds is 5. The Labute approximate surface area is 187 Å². The van der Waals surface area contributed by atoms with Gasteiger partial charge in [0.15, 0.2) is 11.5 Å². The van der Waals surface area contributed by atoms with E-state index in [0.717, 1.165) is 22.0 Å². The number of hydrogen-bond acceptors (Lipinski definition) is 3. The lowest BCUT2D eigenvalue weighted by Crippen LogP contribution is -1.92. The zero-order chi connectivity index (χ0) is 21.9. The van der Waals surface area contributed by atoms with Gasteiger partial charge in [0.1, 0.15) is 0 Å². The molecule has 0 aliphatic carbocycles. The molecule has 3 heteroatoms. The van der Waals surface area contributed by atoms with Crippen LogP contribution in [0.15, 0.2) is 103 Å². The molecular weight excluding hydrogens is 394 g/mol. The first-order valence-electron chi connectivity index (χ1n) is 10.5. The molecule has 0 aliphatic heterocycles. The van der Waals surface area contributed by atoms with E-state index in [1.165, 1.54) is 22.3 Å². The van der Waals surface area contributed by atoms with Crippen LogP contribution in [0.25, 0.3) is 44.3 Å². The lowest BCUT2D eigenvalue weighted by Gasteiger charge is -2.13. The van der Waals surface area contributed by atoms with Crippen molar-refractivity contribution in [2.75, 3.05) is 14.2 Å². The predicted octanol–water partition coefficient (Wildman–Crippen LogP) is 7.25. The highest BCUT2D eigenvalue weighted by Crippen LogP contribution is 2.36. The summed E-state index contributed by atoms with van der Waals surface area (Å²) in [6, 6.07) is 33.7. The van der Waals surface area contributed by atoms with Gasteiger partial charge >= 0.3 is 0 Å². The van der Waals surface area contributed by atoms with Crippen molar-refractivity contribution in [3.05, 3.63) is 103 Å². The second-order valence-corrected chi connectivity index (χ2v) is 7.65. The van der Waals surface area contributed by atoms with Crippen LogP contribution in [0.2, 0.25) is 0 Å². The smallest absolute Gasteiger partial charge is 0.162 e. The Morgan fingerprint density at radius 1 is 0.500 bits per heavy atom. The average Bonchev–Trinajstić information content (AvgIpc) is 2.88. The Morgan fingerprint density at radius 2 is 1.00 bits per heavy atom. The molecular formula is C29H23NO2. The Kier molecular flexibility index (Phi) is 5.30. The summed E-state index contributed by atoms with van der Waals surface area (Å²) in [7, 11) is 3.29. The fourth-order valence-electron chi connectivity index (χ4n) is 4.00.